The first-order valence-electron chi connectivity index (χ1n) is 6.68. The molecule has 0 radical (unpaired) electrons. The van der Waals surface area contributed by atoms with E-state index in [-0.39, 0.29) is 11.2 Å². The van der Waals surface area contributed by atoms with Crippen molar-refractivity contribution >= 4 is 11.5 Å². The third kappa shape index (κ3) is 5.21. The number of nitrogens with two attached hydrogens (primary N) is 1. The Labute approximate surface area is 108 Å². The van der Waals surface area contributed by atoms with Gasteiger partial charge in [-0.3, -0.25) is 4.79 Å². The highest BCUT2D eigenvalue weighted by atomic mass is 16.1. The number of aromatic amines is 1. The fourth-order valence-corrected chi connectivity index (χ4v) is 1.79. The first-order chi connectivity index (χ1) is 8.61. The van der Waals surface area contributed by atoms with Gasteiger partial charge in [0.15, 0.2) is 5.82 Å². The Kier molecular flexibility index (Phi) is 6.25. The molecule has 0 aliphatic rings. The zero-order valence-corrected chi connectivity index (χ0v) is 11.3. The Bertz CT molecular complexity index is 400. The number of unbranched alkanes of at least 4 members (excludes halogenated alkanes) is 3. The molecular weight excluding hydrogens is 228 g/mol. The van der Waals surface area contributed by atoms with Crippen LogP contribution in [-0.4, -0.2) is 16.5 Å². The lowest BCUT2D eigenvalue weighted by atomic mass is 10.0. The van der Waals surface area contributed by atoms with Gasteiger partial charge in [-0.15, -0.1) is 0 Å². The Morgan fingerprint density at radius 1 is 1.33 bits per heavy atom. The van der Waals surface area contributed by atoms with Gasteiger partial charge in [0.2, 0.25) is 0 Å². The third-order valence-corrected chi connectivity index (χ3v) is 2.89. The number of nitrogen functional groups attached to an aromatic ring is 1. The summed E-state index contributed by atoms with van der Waals surface area (Å²) in [5.41, 5.74) is 5.49. The Morgan fingerprint density at radius 3 is 2.78 bits per heavy atom. The predicted octanol–water partition coefficient (Wildman–Crippen LogP) is 2.37. The standard InChI is InChI=1S/C13H24N4O/c1-10(2)7-5-3-4-6-8-15-12-11(14)13(18)17-9-16-12/h9-10H,3-8,14H2,1-2H3,(H2,15,16,17,18). The summed E-state index contributed by atoms with van der Waals surface area (Å²) < 4.78 is 0. The molecule has 1 aromatic rings. The van der Waals surface area contributed by atoms with Crippen molar-refractivity contribution in [2.45, 2.75) is 46.0 Å². The second kappa shape index (κ2) is 7.74. The largest absolute Gasteiger partial charge is 0.391 e. The van der Waals surface area contributed by atoms with Gasteiger partial charge < -0.3 is 16.0 Å². The van der Waals surface area contributed by atoms with Crippen LogP contribution in [0.5, 0.6) is 0 Å². The second-order valence-electron chi connectivity index (χ2n) is 5.02. The molecule has 1 heterocycles. The molecule has 1 aromatic heterocycles. The van der Waals surface area contributed by atoms with Gasteiger partial charge in [-0.05, 0) is 12.3 Å². The maximum atomic E-state index is 11.2. The van der Waals surface area contributed by atoms with Gasteiger partial charge in [0.25, 0.3) is 5.56 Å². The topological polar surface area (TPSA) is 83.8 Å². The predicted molar refractivity (Wildman–Crippen MR) is 75.7 cm³/mol. The SMILES string of the molecule is CC(C)CCCCCCNc1nc[nH]c(=O)c1N. The number of rotatable bonds is 8. The molecule has 0 bridgehead atoms. The molecule has 0 atom stereocenters. The first-order valence-corrected chi connectivity index (χ1v) is 6.68. The van der Waals surface area contributed by atoms with E-state index >= 15 is 0 Å². The quantitative estimate of drug-likeness (QED) is 0.620. The van der Waals surface area contributed by atoms with Crippen LogP contribution in [0, 0.1) is 5.92 Å². The molecule has 4 N–H and O–H groups in total. The lowest BCUT2D eigenvalue weighted by Crippen LogP contribution is -2.16. The molecule has 1 rings (SSSR count). The highest BCUT2D eigenvalue weighted by Crippen LogP contribution is 2.11. The molecule has 0 spiro atoms. The highest BCUT2D eigenvalue weighted by molar-refractivity contribution is 5.58. The molecule has 5 heteroatoms. The van der Waals surface area contributed by atoms with Crippen LogP contribution in [0.2, 0.25) is 0 Å². The Morgan fingerprint density at radius 2 is 2.06 bits per heavy atom. The summed E-state index contributed by atoms with van der Waals surface area (Å²) >= 11 is 0. The van der Waals surface area contributed by atoms with Crippen LogP contribution in [0.1, 0.15) is 46.0 Å². The molecule has 0 aromatic carbocycles. The van der Waals surface area contributed by atoms with Crippen LogP contribution in [-0.2, 0) is 0 Å². The highest BCUT2D eigenvalue weighted by Gasteiger charge is 2.02. The van der Waals surface area contributed by atoms with Crippen LogP contribution < -0.4 is 16.6 Å². The maximum absolute atomic E-state index is 11.2. The van der Waals surface area contributed by atoms with Crippen LogP contribution in [0.4, 0.5) is 11.5 Å². The van der Waals surface area contributed by atoms with Crippen LogP contribution in [0.25, 0.3) is 0 Å². The zero-order chi connectivity index (χ0) is 13.4. The molecule has 0 saturated carbocycles. The summed E-state index contributed by atoms with van der Waals surface area (Å²) in [6.45, 7) is 5.31. The summed E-state index contributed by atoms with van der Waals surface area (Å²) in [6, 6.07) is 0. The van der Waals surface area contributed by atoms with Gasteiger partial charge in [-0.2, -0.15) is 0 Å². The minimum Gasteiger partial charge on any atom is -0.391 e. The summed E-state index contributed by atoms with van der Waals surface area (Å²) in [5.74, 6) is 1.28. The number of hydrogen-bond acceptors (Lipinski definition) is 4. The summed E-state index contributed by atoms with van der Waals surface area (Å²) in [7, 11) is 0. The minimum absolute atomic E-state index is 0.164. The van der Waals surface area contributed by atoms with Crippen LogP contribution in [0.3, 0.4) is 0 Å². The molecule has 0 unspecified atom stereocenters. The molecule has 102 valence electrons. The molecule has 0 saturated heterocycles. The molecule has 0 amide bonds. The van der Waals surface area contributed by atoms with Gasteiger partial charge in [0.1, 0.15) is 5.69 Å². The average molecular weight is 252 g/mol. The maximum Gasteiger partial charge on any atom is 0.276 e. The fraction of sp³-hybridized carbons (Fsp3) is 0.692. The van der Waals surface area contributed by atoms with Crippen molar-refractivity contribution in [3.05, 3.63) is 16.7 Å². The average Bonchev–Trinajstić information content (AvgIpc) is 2.32. The summed E-state index contributed by atoms with van der Waals surface area (Å²) in [5, 5.41) is 3.10. The van der Waals surface area contributed by atoms with Crippen molar-refractivity contribution in [1.82, 2.24) is 9.97 Å². The smallest absolute Gasteiger partial charge is 0.276 e. The number of aromatic nitrogens is 2. The number of anilines is 2. The number of hydrogen-bond donors (Lipinski definition) is 3. The van der Waals surface area contributed by atoms with Gasteiger partial charge in [-0.1, -0.05) is 39.5 Å². The summed E-state index contributed by atoms with van der Waals surface area (Å²) in [6.07, 6.45) is 7.50. The van der Waals surface area contributed by atoms with Crippen LogP contribution in [0.15, 0.2) is 11.1 Å². The van der Waals surface area contributed by atoms with E-state index in [9.17, 15) is 4.79 Å². The fourth-order valence-electron chi connectivity index (χ4n) is 1.79. The van der Waals surface area contributed by atoms with E-state index in [4.69, 9.17) is 5.73 Å². The van der Waals surface area contributed by atoms with Gasteiger partial charge >= 0.3 is 0 Å². The van der Waals surface area contributed by atoms with Crippen molar-refractivity contribution in [2.75, 3.05) is 17.6 Å². The monoisotopic (exact) mass is 252 g/mol. The van der Waals surface area contributed by atoms with Gasteiger partial charge in [-0.25, -0.2) is 4.98 Å². The van der Waals surface area contributed by atoms with Crippen molar-refractivity contribution in [2.24, 2.45) is 5.92 Å². The molecular formula is C13H24N4O. The molecule has 18 heavy (non-hydrogen) atoms. The van der Waals surface area contributed by atoms with Crippen molar-refractivity contribution in [3.63, 3.8) is 0 Å². The van der Waals surface area contributed by atoms with E-state index in [1.165, 1.54) is 32.0 Å². The number of H-pyrrole nitrogens is 1. The van der Waals surface area contributed by atoms with Crippen LogP contribution >= 0.6 is 0 Å². The lowest BCUT2D eigenvalue weighted by Gasteiger charge is -2.07. The van der Waals surface area contributed by atoms with Gasteiger partial charge in [0.05, 0.1) is 6.33 Å². The van der Waals surface area contributed by atoms with E-state index in [1.807, 2.05) is 0 Å². The molecule has 5 nitrogen and oxygen atoms in total. The van der Waals surface area contributed by atoms with Crippen molar-refractivity contribution in [1.29, 1.82) is 0 Å². The lowest BCUT2D eigenvalue weighted by molar-refractivity contribution is 0.523. The molecule has 0 fully saturated rings. The second-order valence-corrected chi connectivity index (χ2v) is 5.02. The van der Waals surface area contributed by atoms with Crippen molar-refractivity contribution < 1.29 is 0 Å². The molecule has 0 aliphatic carbocycles. The Hall–Kier alpha value is -1.52. The van der Waals surface area contributed by atoms with Crippen molar-refractivity contribution in [3.8, 4) is 0 Å². The Balaban J connectivity index is 2.15. The van der Waals surface area contributed by atoms with E-state index in [0.717, 1.165) is 18.9 Å². The third-order valence-electron chi connectivity index (χ3n) is 2.89. The number of nitrogens with one attached hydrogen (secondary N) is 2. The van der Waals surface area contributed by atoms with E-state index < -0.39 is 0 Å². The number of nitrogens with zero attached hydrogens (tertiary/aromatic N) is 1. The van der Waals surface area contributed by atoms with Gasteiger partial charge in [0, 0.05) is 6.54 Å². The normalized spacial score (nSPS) is 10.8. The van der Waals surface area contributed by atoms with E-state index in [1.54, 1.807) is 0 Å². The van der Waals surface area contributed by atoms with E-state index in [0.29, 0.717) is 5.82 Å². The first kappa shape index (κ1) is 14.5. The minimum atomic E-state index is -0.288. The van der Waals surface area contributed by atoms with E-state index in [2.05, 4.69) is 29.1 Å². The summed E-state index contributed by atoms with van der Waals surface area (Å²) in [4.78, 5) is 17.7. The zero-order valence-electron chi connectivity index (χ0n) is 11.3. The molecule has 0 aliphatic heterocycles.